The highest BCUT2D eigenvalue weighted by atomic mass is 16.3. The molecule has 1 aromatic rings. The Morgan fingerprint density at radius 1 is 1.35 bits per heavy atom. The summed E-state index contributed by atoms with van der Waals surface area (Å²) < 4.78 is 5.62. The lowest BCUT2D eigenvalue weighted by Crippen LogP contribution is -2.31. The molecule has 3 nitrogen and oxygen atoms in total. The van der Waals surface area contributed by atoms with Gasteiger partial charge in [0.15, 0.2) is 0 Å². The average molecular weight is 239 g/mol. The lowest BCUT2D eigenvalue weighted by molar-refractivity contribution is 0.128. The maximum Gasteiger partial charge on any atom is 0.117 e. The van der Waals surface area contributed by atoms with Gasteiger partial charge in [-0.2, -0.15) is 0 Å². The first kappa shape index (κ1) is 14.3. The molecule has 2 N–H and O–H groups in total. The molecular formula is C14H25NO2. The Balaban J connectivity index is 2.31. The van der Waals surface area contributed by atoms with Gasteiger partial charge in [-0.05, 0) is 30.9 Å². The zero-order valence-corrected chi connectivity index (χ0v) is 11.4. The predicted molar refractivity (Wildman–Crippen MR) is 69.9 cm³/mol. The zero-order valence-electron chi connectivity index (χ0n) is 11.4. The van der Waals surface area contributed by atoms with Crippen molar-refractivity contribution in [1.29, 1.82) is 0 Å². The van der Waals surface area contributed by atoms with E-state index in [9.17, 15) is 5.11 Å². The summed E-state index contributed by atoms with van der Waals surface area (Å²) in [6.07, 6.45) is 1.49. The molecule has 0 radical (unpaired) electrons. The molecule has 3 heteroatoms. The Bertz CT molecular complexity index is 329. The summed E-state index contributed by atoms with van der Waals surface area (Å²) in [5.41, 5.74) is 0.106. The van der Waals surface area contributed by atoms with Crippen molar-refractivity contribution in [3.05, 3.63) is 23.7 Å². The van der Waals surface area contributed by atoms with E-state index in [2.05, 4.69) is 26.1 Å². The number of aryl methyl sites for hydroxylation is 1. The Labute approximate surface area is 104 Å². The number of nitrogens with one attached hydrogen (secondary N) is 1. The van der Waals surface area contributed by atoms with Gasteiger partial charge in [-0.15, -0.1) is 0 Å². The zero-order chi connectivity index (χ0) is 12.9. The molecule has 1 aromatic heterocycles. The van der Waals surface area contributed by atoms with Crippen molar-refractivity contribution in [1.82, 2.24) is 5.32 Å². The third-order valence-electron chi connectivity index (χ3n) is 2.82. The van der Waals surface area contributed by atoms with Crippen LogP contribution in [0.5, 0.6) is 0 Å². The molecule has 0 aromatic carbocycles. The van der Waals surface area contributed by atoms with Gasteiger partial charge in [0.05, 0.1) is 12.6 Å². The summed E-state index contributed by atoms with van der Waals surface area (Å²) in [7, 11) is 0. The number of aliphatic hydroxyl groups excluding tert-OH is 1. The number of hydrogen-bond acceptors (Lipinski definition) is 3. The quantitative estimate of drug-likeness (QED) is 0.769. The first-order valence-corrected chi connectivity index (χ1v) is 6.39. The summed E-state index contributed by atoms with van der Waals surface area (Å²) in [5.74, 6) is 2.01. The molecule has 0 aliphatic rings. The number of hydrogen-bond donors (Lipinski definition) is 2. The van der Waals surface area contributed by atoms with Gasteiger partial charge in [0, 0.05) is 13.0 Å². The molecule has 1 rings (SSSR count). The van der Waals surface area contributed by atoms with Gasteiger partial charge >= 0.3 is 0 Å². The predicted octanol–water partition coefficient (Wildman–Crippen LogP) is 2.73. The largest absolute Gasteiger partial charge is 0.465 e. The Morgan fingerprint density at radius 2 is 2.00 bits per heavy atom. The van der Waals surface area contributed by atoms with E-state index in [-0.39, 0.29) is 11.5 Å². The first-order chi connectivity index (χ1) is 7.93. The Kier molecular flexibility index (Phi) is 5.22. The molecule has 0 bridgehead atoms. The van der Waals surface area contributed by atoms with Gasteiger partial charge in [-0.3, -0.25) is 0 Å². The monoisotopic (exact) mass is 239 g/mol. The molecule has 0 amide bonds. The van der Waals surface area contributed by atoms with Crippen LogP contribution in [-0.4, -0.2) is 17.8 Å². The third-order valence-corrected chi connectivity index (χ3v) is 2.82. The molecule has 98 valence electrons. The lowest BCUT2D eigenvalue weighted by atomic mass is 9.87. The molecule has 1 heterocycles. The van der Waals surface area contributed by atoms with Gasteiger partial charge in [-0.1, -0.05) is 20.8 Å². The van der Waals surface area contributed by atoms with E-state index in [4.69, 9.17) is 4.42 Å². The fraction of sp³-hybridized carbons (Fsp3) is 0.714. The van der Waals surface area contributed by atoms with Crippen LogP contribution in [0.4, 0.5) is 0 Å². The van der Waals surface area contributed by atoms with E-state index in [0.717, 1.165) is 37.5 Å². The van der Waals surface area contributed by atoms with Gasteiger partial charge < -0.3 is 14.8 Å². The highest BCUT2D eigenvalue weighted by Gasteiger charge is 2.19. The van der Waals surface area contributed by atoms with Gasteiger partial charge in [0.1, 0.15) is 11.5 Å². The molecule has 1 unspecified atom stereocenters. The van der Waals surface area contributed by atoms with Gasteiger partial charge in [-0.25, -0.2) is 0 Å². The minimum absolute atomic E-state index is 0.106. The summed E-state index contributed by atoms with van der Waals surface area (Å²) >= 11 is 0. The molecule has 1 atom stereocenters. The number of rotatable bonds is 7. The SMILES string of the molecule is CCc1ccc(CNCC(C)(C)CC(C)O)o1. The normalized spacial score (nSPS) is 13.9. The van der Waals surface area contributed by atoms with Crippen molar-refractivity contribution in [2.45, 2.75) is 53.2 Å². The summed E-state index contributed by atoms with van der Waals surface area (Å²) in [6, 6.07) is 4.05. The highest BCUT2D eigenvalue weighted by molar-refractivity contribution is 5.06. The van der Waals surface area contributed by atoms with Crippen LogP contribution in [0.25, 0.3) is 0 Å². The maximum absolute atomic E-state index is 9.39. The van der Waals surface area contributed by atoms with Crippen molar-refractivity contribution < 1.29 is 9.52 Å². The molecule has 0 spiro atoms. The topological polar surface area (TPSA) is 45.4 Å². The van der Waals surface area contributed by atoms with E-state index in [1.54, 1.807) is 0 Å². The second-order valence-corrected chi connectivity index (χ2v) is 5.54. The van der Waals surface area contributed by atoms with Crippen LogP contribution in [0.3, 0.4) is 0 Å². The Hall–Kier alpha value is -0.800. The van der Waals surface area contributed by atoms with Crippen LogP contribution in [0.15, 0.2) is 16.5 Å². The van der Waals surface area contributed by atoms with E-state index in [1.165, 1.54) is 0 Å². The molecule has 0 aliphatic carbocycles. The van der Waals surface area contributed by atoms with Crippen molar-refractivity contribution in [2.75, 3.05) is 6.54 Å². The second-order valence-electron chi connectivity index (χ2n) is 5.54. The summed E-state index contributed by atoms with van der Waals surface area (Å²) in [6.45, 7) is 9.87. The van der Waals surface area contributed by atoms with Crippen molar-refractivity contribution in [3.63, 3.8) is 0 Å². The van der Waals surface area contributed by atoms with Gasteiger partial charge in [0.2, 0.25) is 0 Å². The lowest BCUT2D eigenvalue weighted by Gasteiger charge is -2.26. The number of furan rings is 1. The molecular weight excluding hydrogens is 214 g/mol. The Morgan fingerprint density at radius 3 is 2.53 bits per heavy atom. The van der Waals surface area contributed by atoms with Gasteiger partial charge in [0.25, 0.3) is 0 Å². The fourth-order valence-corrected chi connectivity index (χ4v) is 2.10. The van der Waals surface area contributed by atoms with Crippen molar-refractivity contribution in [2.24, 2.45) is 5.41 Å². The second kappa shape index (κ2) is 6.22. The summed E-state index contributed by atoms with van der Waals surface area (Å²) in [5, 5.41) is 12.8. The molecule has 17 heavy (non-hydrogen) atoms. The number of aliphatic hydroxyl groups is 1. The highest BCUT2D eigenvalue weighted by Crippen LogP contribution is 2.21. The molecule has 0 saturated heterocycles. The van der Waals surface area contributed by atoms with E-state index >= 15 is 0 Å². The van der Waals surface area contributed by atoms with E-state index in [0.29, 0.717) is 0 Å². The van der Waals surface area contributed by atoms with Crippen LogP contribution >= 0.6 is 0 Å². The van der Waals surface area contributed by atoms with E-state index in [1.807, 2.05) is 19.1 Å². The third kappa shape index (κ3) is 5.37. The van der Waals surface area contributed by atoms with Crippen molar-refractivity contribution in [3.8, 4) is 0 Å². The maximum atomic E-state index is 9.39. The van der Waals surface area contributed by atoms with Crippen LogP contribution in [0.2, 0.25) is 0 Å². The minimum Gasteiger partial charge on any atom is -0.465 e. The smallest absolute Gasteiger partial charge is 0.117 e. The fourth-order valence-electron chi connectivity index (χ4n) is 2.10. The summed E-state index contributed by atoms with van der Waals surface area (Å²) in [4.78, 5) is 0. The van der Waals surface area contributed by atoms with Crippen LogP contribution < -0.4 is 5.32 Å². The first-order valence-electron chi connectivity index (χ1n) is 6.39. The van der Waals surface area contributed by atoms with Crippen LogP contribution in [0, 0.1) is 5.41 Å². The van der Waals surface area contributed by atoms with Crippen molar-refractivity contribution >= 4 is 0 Å². The molecule has 0 aliphatic heterocycles. The van der Waals surface area contributed by atoms with Crippen LogP contribution in [0.1, 0.15) is 45.6 Å². The van der Waals surface area contributed by atoms with Crippen LogP contribution in [-0.2, 0) is 13.0 Å². The molecule has 0 fully saturated rings. The molecule has 0 saturated carbocycles. The minimum atomic E-state index is -0.248. The average Bonchev–Trinajstić information content (AvgIpc) is 2.63. The van der Waals surface area contributed by atoms with E-state index < -0.39 is 0 Å². The standard InChI is InChI=1S/C14H25NO2/c1-5-12-6-7-13(17-12)9-15-10-14(3,4)8-11(2)16/h6-7,11,15-16H,5,8-10H2,1-4H3.